The molecule has 0 aromatic heterocycles. The highest BCUT2D eigenvalue weighted by Gasteiger charge is 2.27. The van der Waals surface area contributed by atoms with Crippen LogP contribution in [0.15, 0.2) is 28.5 Å². The molecule has 0 rings (SSSR count). The van der Waals surface area contributed by atoms with Crippen LogP contribution in [0.5, 0.6) is 0 Å². The van der Waals surface area contributed by atoms with Gasteiger partial charge in [-0.05, 0) is 6.92 Å². The van der Waals surface area contributed by atoms with E-state index < -0.39 is 11.7 Å². The van der Waals surface area contributed by atoms with Gasteiger partial charge in [-0.15, -0.1) is 0 Å². The molecule has 13 heavy (non-hydrogen) atoms. The minimum absolute atomic E-state index is 0.0185. The number of aliphatic hydroxyl groups is 1. The van der Waals surface area contributed by atoms with Crippen LogP contribution >= 0.6 is 0 Å². The normalized spacial score (nSPS) is 14.5. The molecule has 0 radical (unpaired) electrons. The van der Waals surface area contributed by atoms with Crippen LogP contribution in [-0.4, -0.2) is 24.3 Å². The topological polar surface area (TPSA) is 32.6 Å². The standard InChI is InChI=1S/C9H13F2NO/c1-6(9(3,10)11)8(5-12-4)7(2)13/h5,13H,2H2,1,3-4H3/b8-6-,12-5?. The Morgan fingerprint density at radius 3 is 2.23 bits per heavy atom. The summed E-state index contributed by atoms with van der Waals surface area (Å²) >= 11 is 0. The fourth-order valence-electron chi connectivity index (χ4n) is 0.753. The third-order valence-electron chi connectivity index (χ3n) is 1.63. The SMILES string of the molecule is C=C(O)/C(C=NC)=C(/C)C(C)(F)F. The number of rotatable bonds is 3. The molecule has 0 aliphatic carbocycles. The molecule has 0 aromatic carbocycles. The third kappa shape index (κ3) is 3.36. The quantitative estimate of drug-likeness (QED) is 0.413. The number of halogens is 2. The van der Waals surface area contributed by atoms with Crippen molar-refractivity contribution < 1.29 is 13.9 Å². The summed E-state index contributed by atoms with van der Waals surface area (Å²) in [5.41, 5.74) is -0.263. The third-order valence-corrected chi connectivity index (χ3v) is 1.63. The molecular formula is C9H13F2NO. The molecule has 0 atom stereocenters. The number of aliphatic imine (C=N–C) groups is 1. The van der Waals surface area contributed by atoms with E-state index in [2.05, 4.69) is 11.6 Å². The maximum Gasteiger partial charge on any atom is 0.267 e. The Kier molecular flexibility index (Phi) is 3.78. The van der Waals surface area contributed by atoms with Gasteiger partial charge in [0.2, 0.25) is 0 Å². The van der Waals surface area contributed by atoms with Crippen LogP contribution in [0.3, 0.4) is 0 Å². The van der Waals surface area contributed by atoms with Gasteiger partial charge in [0.1, 0.15) is 5.76 Å². The summed E-state index contributed by atoms with van der Waals surface area (Å²) in [6.45, 7) is 5.18. The Hall–Kier alpha value is -1.19. The summed E-state index contributed by atoms with van der Waals surface area (Å²) in [6, 6.07) is 0. The number of alkyl halides is 2. The van der Waals surface area contributed by atoms with E-state index in [9.17, 15) is 8.78 Å². The van der Waals surface area contributed by atoms with Crippen molar-refractivity contribution in [1.82, 2.24) is 0 Å². The lowest BCUT2D eigenvalue weighted by Crippen LogP contribution is -2.15. The molecule has 0 saturated heterocycles. The summed E-state index contributed by atoms with van der Waals surface area (Å²) in [4.78, 5) is 3.55. The molecule has 1 N–H and O–H groups in total. The molecule has 0 heterocycles. The van der Waals surface area contributed by atoms with Crippen LogP contribution in [-0.2, 0) is 0 Å². The number of aliphatic hydroxyl groups excluding tert-OH is 1. The first-order chi connectivity index (χ1) is 5.80. The van der Waals surface area contributed by atoms with Gasteiger partial charge in [0.05, 0.1) is 0 Å². The average molecular weight is 189 g/mol. The van der Waals surface area contributed by atoms with Gasteiger partial charge in [0.15, 0.2) is 0 Å². The minimum Gasteiger partial charge on any atom is -0.508 e. The zero-order chi connectivity index (χ0) is 10.6. The van der Waals surface area contributed by atoms with Crippen molar-refractivity contribution >= 4 is 6.21 Å². The molecule has 0 amide bonds. The fourth-order valence-corrected chi connectivity index (χ4v) is 0.753. The number of allylic oxidation sites excluding steroid dienone is 2. The van der Waals surface area contributed by atoms with Gasteiger partial charge in [-0.3, -0.25) is 4.99 Å². The van der Waals surface area contributed by atoms with Crippen LogP contribution in [0.1, 0.15) is 13.8 Å². The lowest BCUT2D eigenvalue weighted by atomic mass is 10.0. The molecule has 0 aromatic rings. The first-order valence-corrected chi connectivity index (χ1v) is 3.70. The Morgan fingerprint density at radius 1 is 1.54 bits per heavy atom. The molecule has 74 valence electrons. The second-order valence-corrected chi connectivity index (χ2v) is 2.76. The highest BCUT2D eigenvalue weighted by atomic mass is 19.3. The van der Waals surface area contributed by atoms with E-state index in [1.54, 1.807) is 0 Å². The highest BCUT2D eigenvalue weighted by Crippen LogP contribution is 2.26. The van der Waals surface area contributed by atoms with Crippen LogP contribution < -0.4 is 0 Å². The van der Waals surface area contributed by atoms with Crippen molar-refractivity contribution in [3.63, 3.8) is 0 Å². The maximum absolute atomic E-state index is 12.8. The van der Waals surface area contributed by atoms with Gasteiger partial charge in [0.25, 0.3) is 5.92 Å². The number of hydrogen-bond donors (Lipinski definition) is 1. The molecule has 0 unspecified atom stereocenters. The summed E-state index contributed by atoms with van der Waals surface area (Å²) in [6.07, 6.45) is 1.16. The zero-order valence-corrected chi connectivity index (χ0v) is 7.93. The number of nitrogens with zero attached hydrogens (tertiary/aromatic N) is 1. The van der Waals surface area contributed by atoms with Gasteiger partial charge in [-0.2, -0.15) is 0 Å². The van der Waals surface area contributed by atoms with Gasteiger partial charge in [-0.1, -0.05) is 6.58 Å². The number of hydrogen-bond acceptors (Lipinski definition) is 2. The summed E-state index contributed by atoms with van der Waals surface area (Å²) in [7, 11) is 1.43. The molecule has 0 aliphatic heterocycles. The Labute approximate surface area is 76.3 Å². The van der Waals surface area contributed by atoms with Crippen molar-refractivity contribution in [1.29, 1.82) is 0 Å². The minimum atomic E-state index is -2.97. The first kappa shape index (κ1) is 11.8. The second-order valence-electron chi connectivity index (χ2n) is 2.76. The Balaban J connectivity index is 5.22. The molecule has 0 bridgehead atoms. The van der Waals surface area contributed by atoms with Crippen LogP contribution in [0, 0.1) is 0 Å². The van der Waals surface area contributed by atoms with E-state index in [1.165, 1.54) is 14.0 Å². The molecule has 2 nitrogen and oxygen atoms in total. The lowest BCUT2D eigenvalue weighted by molar-refractivity contribution is 0.0626. The van der Waals surface area contributed by atoms with Crippen LogP contribution in [0.2, 0.25) is 0 Å². The molecule has 0 aliphatic rings. The average Bonchev–Trinajstić information content (AvgIpc) is 1.96. The summed E-state index contributed by atoms with van der Waals surface area (Å²) < 4.78 is 25.6. The van der Waals surface area contributed by atoms with Crippen molar-refractivity contribution in [2.45, 2.75) is 19.8 Å². The van der Waals surface area contributed by atoms with Crippen molar-refractivity contribution in [2.24, 2.45) is 4.99 Å². The van der Waals surface area contributed by atoms with E-state index >= 15 is 0 Å². The van der Waals surface area contributed by atoms with Gasteiger partial charge in [-0.25, -0.2) is 8.78 Å². The lowest BCUT2D eigenvalue weighted by Gasteiger charge is -2.13. The smallest absolute Gasteiger partial charge is 0.267 e. The Bertz CT molecular complexity index is 261. The van der Waals surface area contributed by atoms with Crippen molar-refractivity contribution in [3.05, 3.63) is 23.5 Å². The van der Waals surface area contributed by atoms with E-state index in [4.69, 9.17) is 5.11 Å². The molecule has 0 fully saturated rings. The molecule has 0 spiro atoms. The van der Waals surface area contributed by atoms with Crippen LogP contribution in [0.25, 0.3) is 0 Å². The van der Waals surface area contributed by atoms with Gasteiger partial charge >= 0.3 is 0 Å². The van der Waals surface area contributed by atoms with Crippen molar-refractivity contribution in [2.75, 3.05) is 7.05 Å². The van der Waals surface area contributed by atoms with Crippen molar-refractivity contribution in [3.8, 4) is 0 Å². The first-order valence-electron chi connectivity index (χ1n) is 3.70. The highest BCUT2D eigenvalue weighted by molar-refractivity contribution is 5.84. The molecule has 0 saturated carbocycles. The molecule has 4 heteroatoms. The van der Waals surface area contributed by atoms with E-state index in [-0.39, 0.29) is 11.1 Å². The Morgan fingerprint density at radius 2 is 2.00 bits per heavy atom. The largest absolute Gasteiger partial charge is 0.508 e. The van der Waals surface area contributed by atoms with E-state index in [1.807, 2.05) is 0 Å². The predicted octanol–water partition coefficient (Wildman–Crippen LogP) is 2.73. The zero-order valence-electron chi connectivity index (χ0n) is 7.93. The van der Waals surface area contributed by atoms with E-state index in [0.717, 1.165) is 13.1 Å². The predicted molar refractivity (Wildman–Crippen MR) is 49.5 cm³/mol. The monoisotopic (exact) mass is 189 g/mol. The molecular weight excluding hydrogens is 176 g/mol. The maximum atomic E-state index is 12.8. The second kappa shape index (κ2) is 4.16. The fraction of sp³-hybridized carbons (Fsp3) is 0.444. The van der Waals surface area contributed by atoms with Gasteiger partial charge < -0.3 is 5.11 Å². The van der Waals surface area contributed by atoms with E-state index in [0.29, 0.717) is 0 Å². The summed E-state index contributed by atoms with van der Waals surface area (Å²) in [5.74, 6) is -3.37. The van der Waals surface area contributed by atoms with Crippen LogP contribution in [0.4, 0.5) is 8.78 Å². The summed E-state index contributed by atoms with van der Waals surface area (Å²) in [5, 5.41) is 9.00. The van der Waals surface area contributed by atoms with Gasteiger partial charge in [0, 0.05) is 31.3 Å².